The van der Waals surface area contributed by atoms with Gasteiger partial charge in [-0.2, -0.15) is 5.10 Å². The highest BCUT2D eigenvalue weighted by Gasteiger charge is 2.16. The fourth-order valence-corrected chi connectivity index (χ4v) is 1.42. The summed E-state index contributed by atoms with van der Waals surface area (Å²) in [6.07, 6.45) is 2.70. The van der Waals surface area contributed by atoms with Gasteiger partial charge in [-0.25, -0.2) is 4.79 Å². The van der Waals surface area contributed by atoms with Crippen LogP contribution in [0.15, 0.2) is 42.0 Å². The molecule has 0 atom stereocenters. The zero-order valence-electron chi connectivity index (χ0n) is 12.1. The van der Waals surface area contributed by atoms with Crippen LogP contribution in [0.25, 0.3) is 0 Å². The SMILES string of the molecule is C=C/C=N\NCc1cccc(NC(=O)OC(C)(C)C)c1. The Morgan fingerprint density at radius 1 is 1.45 bits per heavy atom. The third-order valence-corrected chi connectivity index (χ3v) is 2.13. The minimum atomic E-state index is -0.511. The molecule has 1 amide bonds. The number of ether oxygens (including phenoxy) is 1. The van der Waals surface area contributed by atoms with Crippen molar-refractivity contribution in [2.45, 2.75) is 32.9 Å². The van der Waals surface area contributed by atoms with Crippen molar-refractivity contribution in [1.29, 1.82) is 0 Å². The van der Waals surface area contributed by atoms with E-state index >= 15 is 0 Å². The molecule has 0 aliphatic heterocycles. The lowest BCUT2D eigenvalue weighted by Gasteiger charge is -2.19. The lowest BCUT2D eigenvalue weighted by molar-refractivity contribution is 0.0636. The van der Waals surface area contributed by atoms with Crippen molar-refractivity contribution in [2.75, 3.05) is 5.32 Å². The Balaban J connectivity index is 2.57. The van der Waals surface area contributed by atoms with Crippen molar-refractivity contribution < 1.29 is 9.53 Å². The van der Waals surface area contributed by atoms with E-state index in [9.17, 15) is 4.79 Å². The van der Waals surface area contributed by atoms with Gasteiger partial charge < -0.3 is 10.2 Å². The summed E-state index contributed by atoms with van der Waals surface area (Å²) in [7, 11) is 0. The fraction of sp³-hybridized carbons (Fsp3) is 0.333. The van der Waals surface area contributed by atoms with Crippen molar-refractivity contribution in [1.82, 2.24) is 5.43 Å². The predicted octanol–water partition coefficient (Wildman–Crippen LogP) is 3.30. The van der Waals surface area contributed by atoms with Gasteiger partial charge in [0.15, 0.2) is 0 Å². The number of rotatable bonds is 5. The largest absolute Gasteiger partial charge is 0.444 e. The molecule has 5 nitrogen and oxygen atoms in total. The number of hydrogen-bond donors (Lipinski definition) is 2. The Labute approximate surface area is 119 Å². The Bertz CT molecular complexity index is 490. The highest BCUT2D eigenvalue weighted by molar-refractivity contribution is 5.84. The maximum absolute atomic E-state index is 11.7. The minimum Gasteiger partial charge on any atom is -0.444 e. The molecule has 0 bridgehead atoms. The maximum atomic E-state index is 11.7. The summed E-state index contributed by atoms with van der Waals surface area (Å²) < 4.78 is 5.19. The number of carbonyl (C=O) groups excluding carboxylic acids is 1. The second-order valence-corrected chi connectivity index (χ2v) is 5.18. The molecule has 0 unspecified atom stereocenters. The van der Waals surface area contributed by atoms with E-state index in [0.29, 0.717) is 12.2 Å². The summed E-state index contributed by atoms with van der Waals surface area (Å²) in [5, 5.41) is 6.62. The molecule has 0 heterocycles. The quantitative estimate of drug-likeness (QED) is 0.640. The lowest BCUT2D eigenvalue weighted by atomic mass is 10.2. The van der Waals surface area contributed by atoms with Crippen LogP contribution in [0.5, 0.6) is 0 Å². The molecule has 0 aliphatic rings. The average molecular weight is 275 g/mol. The van der Waals surface area contributed by atoms with E-state index < -0.39 is 11.7 Å². The molecule has 5 heteroatoms. The first-order valence-corrected chi connectivity index (χ1v) is 6.36. The number of nitrogens with zero attached hydrogens (tertiary/aromatic N) is 1. The first kappa shape index (κ1) is 15.8. The van der Waals surface area contributed by atoms with Gasteiger partial charge in [-0.05, 0) is 44.5 Å². The summed E-state index contributed by atoms with van der Waals surface area (Å²) in [5.74, 6) is 0. The number of hydrogen-bond acceptors (Lipinski definition) is 4. The standard InChI is InChI=1S/C15H21N3O2/c1-5-9-16-17-11-12-7-6-8-13(10-12)18-14(19)20-15(2,3)4/h5-10,17H,1,11H2,2-4H3,(H,18,19)/b16-9-. The number of allylic oxidation sites excluding steroid dienone is 1. The van der Waals surface area contributed by atoms with Crippen LogP contribution in [0.1, 0.15) is 26.3 Å². The molecule has 0 aromatic heterocycles. The van der Waals surface area contributed by atoms with E-state index in [2.05, 4.69) is 22.4 Å². The normalized spacial score (nSPS) is 11.2. The van der Waals surface area contributed by atoms with Crippen LogP contribution in [0.3, 0.4) is 0 Å². The van der Waals surface area contributed by atoms with Crippen LogP contribution < -0.4 is 10.7 Å². The molecule has 20 heavy (non-hydrogen) atoms. The van der Waals surface area contributed by atoms with E-state index in [1.807, 2.05) is 39.0 Å². The minimum absolute atomic E-state index is 0.465. The van der Waals surface area contributed by atoms with Crippen molar-refractivity contribution in [3.63, 3.8) is 0 Å². The molecule has 0 saturated heterocycles. The zero-order valence-corrected chi connectivity index (χ0v) is 12.1. The molecule has 0 fully saturated rings. The highest BCUT2D eigenvalue weighted by atomic mass is 16.6. The Morgan fingerprint density at radius 2 is 2.20 bits per heavy atom. The van der Waals surface area contributed by atoms with Crippen LogP contribution in [-0.4, -0.2) is 17.9 Å². The van der Waals surface area contributed by atoms with Crippen LogP contribution in [0, 0.1) is 0 Å². The van der Waals surface area contributed by atoms with Gasteiger partial charge in [0.05, 0.1) is 6.54 Å². The third-order valence-electron chi connectivity index (χ3n) is 2.13. The maximum Gasteiger partial charge on any atom is 0.412 e. The van der Waals surface area contributed by atoms with Gasteiger partial charge in [0.2, 0.25) is 0 Å². The first-order chi connectivity index (χ1) is 9.40. The van der Waals surface area contributed by atoms with Crippen LogP contribution in [-0.2, 0) is 11.3 Å². The zero-order chi connectivity index (χ0) is 15.0. The molecule has 0 radical (unpaired) electrons. The summed E-state index contributed by atoms with van der Waals surface area (Å²) in [4.78, 5) is 11.7. The summed E-state index contributed by atoms with van der Waals surface area (Å²) in [6.45, 7) is 9.57. The number of carbonyl (C=O) groups is 1. The van der Waals surface area contributed by atoms with Gasteiger partial charge in [-0.15, -0.1) is 0 Å². The van der Waals surface area contributed by atoms with E-state index in [4.69, 9.17) is 4.74 Å². The van der Waals surface area contributed by atoms with Crippen LogP contribution in [0.2, 0.25) is 0 Å². The molecule has 2 N–H and O–H groups in total. The van der Waals surface area contributed by atoms with E-state index in [0.717, 1.165) is 5.56 Å². The summed E-state index contributed by atoms with van der Waals surface area (Å²) >= 11 is 0. The molecule has 1 aromatic rings. The Kier molecular flexibility index (Phi) is 5.77. The molecular formula is C15H21N3O2. The summed E-state index contributed by atoms with van der Waals surface area (Å²) in [5.41, 5.74) is 4.05. The smallest absolute Gasteiger partial charge is 0.412 e. The molecule has 108 valence electrons. The number of anilines is 1. The second-order valence-electron chi connectivity index (χ2n) is 5.18. The predicted molar refractivity (Wildman–Crippen MR) is 81.8 cm³/mol. The van der Waals surface area contributed by atoms with E-state index in [1.165, 1.54) is 0 Å². The Hall–Kier alpha value is -2.30. The molecule has 0 aliphatic carbocycles. The van der Waals surface area contributed by atoms with Crippen LogP contribution >= 0.6 is 0 Å². The number of benzene rings is 1. The first-order valence-electron chi connectivity index (χ1n) is 6.36. The number of nitrogens with one attached hydrogen (secondary N) is 2. The van der Waals surface area contributed by atoms with Gasteiger partial charge in [-0.1, -0.05) is 18.7 Å². The third kappa shape index (κ3) is 6.58. The average Bonchev–Trinajstić information content (AvgIpc) is 2.32. The van der Waals surface area contributed by atoms with Crippen LogP contribution in [0.4, 0.5) is 10.5 Å². The second kappa shape index (κ2) is 7.33. The molecular weight excluding hydrogens is 254 g/mol. The van der Waals surface area contributed by atoms with Crippen molar-refractivity contribution >= 4 is 18.0 Å². The fourth-order valence-electron chi connectivity index (χ4n) is 1.42. The topological polar surface area (TPSA) is 62.7 Å². The van der Waals surface area contributed by atoms with Gasteiger partial charge >= 0.3 is 6.09 Å². The molecule has 1 aromatic carbocycles. The van der Waals surface area contributed by atoms with Crippen molar-refractivity contribution in [3.8, 4) is 0 Å². The monoisotopic (exact) mass is 275 g/mol. The van der Waals surface area contributed by atoms with Gasteiger partial charge in [0.25, 0.3) is 0 Å². The van der Waals surface area contributed by atoms with Gasteiger partial charge in [0.1, 0.15) is 5.60 Å². The van der Waals surface area contributed by atoms with Gasteiger partial charge in [0, 0.05) is 11.9 Å². The van der Waals surface area contributed by atoms with Crippen molar-refractivity contribution in [2.24, 2.45) is 5.10 Å². The van der Waals surface area contributed by atoms with E-state index in [1.54, 1.807) is 18.4 Å². The number of amides is 1. The van der Waals surface area contributed by atoms with Gasteiger partial charge in [-0.3, -0.25) is 5.32 Å². The van der Waals surface area contributed by atoms with Crippen molar-refractivity contribution in [3.05, 3.63) is 42.5 Å². The summed E-state index contributed by atoms with van der Waals surface area (Å²) in [6, 6.07) is 7.47. The van der Waals surface area contributed by atoms with E-state index in [-0.39, 0.29) is 0 Å². The highest BCUT2D eigenvalue weighted by Crippen LogP contribution is 2.13. The lowest BCUT2D eigenvalue weighted by Crippen LogP contribution is -2.27. The molecule has 0 spiro atoms. The number of hydrazone groups is 1. The Morgan fingerprint density at radius 3 is 2.85 bits per heavy atom. The molecule has 1 rings (SSSR count). The molecule has 0 saturated carbocycles.